The molecule has 13 heteroatoms. The molecule has 2 aliphatic rings. The van der Waals surface area contributed by atoms with E-state index in [0.717, 1.165) is 29.9 Å². The number of nitrogens with zero attached hydrogens (tertiary/aromatic N) is 5. The molecule has 1 fully saturated rings. The number of hydrogen-bond donors (Lipinski definition) is 3. The van der Waals surface area contributed by atoms with Crippen LogP contribution >= 0.6 is 23.2 Å². The molecule has 0 spiro atoms. The fourth-order valence-corrected chi connectivity index (χ4v) is 6.62. The van der Waals surface area contributed by atoms with Crippen molar-refractivity contribution in [3.63, 3.8) is 0 Å². The van der Waals surface area contributed by atoms with Crippen LogP contribution in [0.1, 0.15) is 40.9 Å². The lowest BCUT2D eigenvalue weighted by Crippen LogP contribution is -2.46. The molecule has 242 valence electrons. The van der Waals surface area contributed by atoms with Crippen LogP contribution in [0.5, 0.6) is 5.88 Å². The standard InChI is InChI=1S/C33H37Cl2N7O4/c1-4-42-26-11-13-41(2)17-25(26)38-31(42)32(44)39-24-10-6-8-21(29(24)35)20-7-5-9-22(28(20)34)30-37-16-19(33(40-30)45-3)15-36-23-12-14-46-18-27(23)43/h5-10,16,23,27,36,43H,4,11-15,17-18H2,1-3H3,(H,39,44)/t23-,27-/m1/s1. The smallest absolute Gasteiger partial charge is 0.291 e. The van der Waals surface area contributed by atoms with E-state index in [9.17, 15) is 9.90 Å². The van der Waals surface area contributed by atoms with Crippen LogP contribution in [0.2, 0.25) is 10.0 Å². The average Bonchev–Trinajstić information content (AvgIpc) is 3.43. The fraction of sp³-hybridized carbons (Fsp3) is 0.394. The summed E-state index contributed by atoms with van der Waals surface area (Å²) < 4.78 is 12.9. The van der Waals surface area contributed by atoms with E-state index in [-0.39, 0.29) is 11.9 Å². The molecule has 0 unspecified atom stereocenters. The Kier molecular flexibility index (Phi) is 9.88. The molecule has 0 aliphatic carbocycles. The van der Waals surface area contributed by atoms with Crippen LogP contribution < -0.4 is 15.4 Å². The number of carbonyl (C=O) groups excluding carboxylic acids is 1. The maximum atomic E-state index is 13.5. The van der Waals surface area contributed by atoms with Gasteiger partial charge >= 0.3 is 0 Å². The van der Waals surface area contributed by atoms with Gasteiger partial charge in [-0.25, -0.2) is 9.97 Å². The largest absolute Gasteiger partial charge is 0.481 e. The van der Waals surface area contributed by atoms with Gasteiger partial charge in [0.25, 0.3) is 5.91 Å². The number of benzene rings is 2. The van der Waals surface area contributed by atoms with Crippen molar-refractivity contribution in [3.05, 3.63) is 75.4 Å². The van der Waals surface area contributed by atoms with E-state index in [4.69, 9.17) is 37.7 Å². The highest BCUT2D eigenvalue weighted by atomic mass is 35.5. The summed E-state index contributed by atoms with van der Waals surface area (Å²) in [4.78, 5) is 29.6. The van der Waals surface area contributed by atoms with Crippen molar-refractivity contribution in [2.24, 2.45) is 0 Å². The first-order valence-electron chi connectivity index (χ1n) is 15.3. The monoisotopic (exact) mass is 665 g/mol. The molecule has 1 amide bonds. The van der Waals surface area contributed by atoms with Crippen LogP contribution in [0.3, 0.4) is 0 Å². The Labute approximate surface area is 277 Å². The molecule has 2 aromatic heterocycles. The van der Waals surface area contributed by atoms with Gasteiger partial charge in [-0.3, -0.25) is 4.79 Å². The third-order valence-corrected chi connectivity index (χ3v) is 9.32. The van der Waals surface area contributed by atoms with E-state index in [1.807, 2.05) is 41.8 Å². The summed E-state index contributed by atoms with van der Waals surface area (Å²) in [5.41, 5.74) is 5.16. The molecule has 2 aliphatic heterocycles. The van der Waals surface area contributed by atoms with E-state index in [0.29, 0.717) is 89.2 Å². The van der Waals surface area contributed by atoms with Gasteiger partial charge in [0.15, 0.2) is 11.6 Å². The SMILES string of the molecule is CCn1c(C(=O)Nc2cccc(-c3cccc(-c4ncc(CN[C@@H]5CCOC[C@H]5O)c(OC)n4)c3Cl)c2Cl)nc2c1CCN(C)C2. The molecule has 2 atom stereocenters. The van der Waals surface area contributed by atoms with Gasteiger partial charge in [0.05, 0.1) is 41.2 Å². The molecule has 0 radical (unpaired) electrons. The summed E-state index contributed by atoms with van der Waals surface area (Å²) in [5, 5.41) is 17.3. The van der Waals surface area contributed by atoms with Crippen molar-refractivity contribution in [2.45, 2.75) is 51.5 Å². The Morgan fingerprint density at radius 3 is 2.65 bits per heavy atom. The summed E-state index contributed by atoms with van der Waals surface area (Å²) in [6.45, 7) is 5.63. The molecule has 4 heterocycles. The van der Waals surface area contributed by atoms with Crippen LogP contribution in [0, 0.1) is 0 Å². The molecular weight excluding hydrogens is 629 g/mol. The third-order valence-electron chi connectivity index (χ3n) is 8.50. The molecule has 46 heavy (non-hydrogen) atoms. The van der Waals surface area contributed by atoms with Crippen LogP contribution in [0.4, 0.5) is 5.69 Å². The summed E-state index contributed by atoms with van der Waals surface area (Å²) in [6, 6.07) is 10.9. The fourth-order valence-electron chi connectivity index (χ4n) is 6.04. The number of rotatable bonds is 9. The quantitative estimate of drug-likeness (QED) is 0.231. The minimum absolute atomic E-state index is 0.0877. The lowest BCUT2D eigenvalue weighted by atomic mass is 10.0. The maximum Gasteiger partial charge on any atom is 0.291 e. The first kappa shape index (κ1) is 32.4. The average molecular weight is 667 g/mol. The van der Waals surface area contributed by atoms with Crippen LogP contribution in [-0.2, 0) is 30.8 Å². The van der Waals surface area contributed by atoms with Gasteiger partial charge in [-0.1, -0.05) is 47.5 Å². The minimum Gasteiger partial charge on any atom is -0.481 e. The Morgan fingerprint density at radius 2 is 1.89 bits per heavy atom. The van der Waals surface area contributed by atoms with Gasteiger partial charge in [-0.15, -0.1) is 0 Å². The number of carbonyl (C=O) groups is 1. The van der Waals surface area contributed by atoms with E-state index in [1.54, 1.807) is 19.4 Å². The Bertz CT molecular complexity index is 1750. The number of aliphatic hydroxyl groups is 1. The van der Waals surface area contributed by atoms with Crippen molar-refractivity contribution < 1.29 is 19.4 Å². The molecule has 0 bridgehead atoms. The number of amides is 1. The number of likely N-dealkylation sites (N-methyl/N-ethyl adjacent to an activating group) is 1. The van der Waals surface area contributed by atoms with Crippen molar-refractivity contribution in [1.29, 1.82) is 0 Å². The first-order chi connectivity index (χ1) is 22.3. The molecule has 11 nitrogen and oxygen atoms in total. The van der Waals surface area contributed by atoms with Crippen molar-refractivity contribution in [2.75, 3.05) is 39.2 Å². The van der Waals surface area contributed by atoms with Crippen LogP contribution in [0.15, 0.2) is 42.6 Å². The van der Waals surface area contributed by atoms with E-state index >= 15 is 0 Å². The van der Waals surface area contributed by atoms with Crippen LogP contribution in [0.25, 0.3) is 22.5 Å². The van der Waals surface area contributed by atoms with Gasteiger partial charge < -0.3 is 34.7 Å². The predicted molar refractivity (Wildman–Crippen MR) is 177 cm³/mol. The van der Waals surface area contributed by atoms with Crippen molar-refractivity contribution in [1.82, 2.24) is 29.7 Å². The number of imidazole rings is 1. The summed E-state index contributed by atoms with van der Waals surface area (Å²) in [5.74, 6) is 0.847. The van der Waals surface area contributed by atoms with Gasteiger partial charge in [0, 0.05) is 79.4 Å². The molecule has 0 saturated carbocycles. The van der Waals surface area contributed by atoms with Gasteiger partial charge in [-0.05, 0) is 32.5 Å². The number of halogens is 2. The molecule has 6 rings (SSSR count). The normalized spacial score (nSPS) is 18.3. The molecular formula is C33H37Cl2N7O4. The Hall–Kier alpha value is -3.58. The zero-order valence-electron chi connectivity index (χ0n) is 26.0. The molecule has 2 aromatic carbocycles. The van der Waals surface area contributed by atoms with E-state index in [2.05, 4.69) is 32.5 Å². The summed E-state index contributed by atoms with van der Waals surface area (Å²) in [7, 11) is 3.60. The zero-order chi connectivity index (χ0) is 32.4. The third kappa shape index (κ3) is 6.48. The Balaban J connectivity index is 1.25. The van der Waals surface area contributed by atoms with Gasteiger partial charge in [-0.2, -0.15) is 4.98 Å². The molecule has 4 aromatic rings. The van der Waals surface area contributed by atoms with Crippen molar-refractivity contribution >= 4 is 34.8 Å². The second-order valence-electron chi connectivity index (χ2n) is 11.5. The highest BCUT2D eigenvalue weighted by Crippen LogP contribution is 2.41. The van der Waals surface area contributed by atoms with Crippen molar-refractivity contribution in [3.8, 4) is 28.4 Å². The second kappa shape index (κ2) is 14.0. The number of anilines is 1. The number of methoxy groups -OCH3 is 1. The molecule has 3 N–H and O–H groups in total. The number of hydrogen-bond acceptors (Lipinski definition) is 9. The Morgan fingerprint density at radius 1 is 1.13 bits per heavy atom. The lowest BCUT2D eigenvalue weighted by Gasteiger charge is -2.28. The maximum absolute atomic E-state index is 13.5. The number of aromatic nitrogens is 4. The highest BCUT2D eigenvalue weighted by molar-refractivity contribution is 6.39. The minimum atomic E-state index is -0.577. The number of aliphatic hydroxyl groups excluding tert-OH is 1. The topological polar surface area (TPSA) is 127 Å². The number of fused-ring (bicyclic) bond motifs is 1. The highest BCUT2D eigenvalue weighted by Gasteiger charge is 2.27. The first-order valence-corrected chi connectivity index (χ1v) is 16.1. The van der Waals surface area contributed by atoms with E-state index in [1.165, 1.54) is 0 Å². The summed E-state index contributed by atoms with van der Waals surface area (Å²) >= 11 is 13.9. The predicted octanol–water partition coefficient (Wildman–Crippen LogP) is 4.82. The van der Waals surface area contributed by atoms with Gasteiger partial charge in [0.2, 0.25) is 5.88 Å². The van der Waals surface area contributed by atoms with E-state index < -0.39 is 6.10 Å². The van der Waals surface area contributed by atoms with Gasteiger partial charge in [0.1, 0.15) is 0 Å². The number of nitrogens with one attached hydrogen (secondary N) is 2. The second-order valence-corrected chi connectivity index (χ2v) is 12.3. The number of ether oxygens (including phenoxy) is 2. The molecule has 1 saturated heterocycles. The summed E-state index contributed by atoms with van der Waals surface area (Å²) in [6.07, 6.45) is 2.68. The zero-order valence-corrected chi connectivity index (χ0v) is 27.5. The lowest BCUT2D eigenvalue weighted by molar-refractivity contribution is -0.0281. The van der Waals surface area contributed by atoms with Crippen LogP contribution in [-0.4, -0.2) is 81.5 Å².